The van der Waals surface area contributed by atoms with Crippen LogP contribution in [0.25, 0.3) is 0 Å². The zero-order valence-corrected chi connectivity index (χ0v) is 18.9. The van der Waals surface area contributed by atoms with Gasteiger partial charge in [-0.3, -0.25) is 14.9 Å². The van der Waals surface area contributed by atoms with E-state index in [1.807, 2.05) is 55.5 Å². The van der Waals surface area contributed by atoms with Crippen LogP contribution in [-0.4, -0.2) is 43.0 Å². The number of nitrogens with one attached hydrogen (secondary N) is 2. The molecule has 0 aliphatic carbocycles. The minimum absolute atomic E-state index is 0.0951. The molecule has 1 unspecified atom stereocenters. The van der Waals surface area contributed by atoms with E-state index in [1.54, 1.807) is 24.1 Å². The zero-order valence-electron chi connectivity index (χ0n) is 18.9. The number of likely N-dealkylation sites (tertiary alicyclic amines) is 1. The summed E-state index contributed by atoms with van der Waals surface area (Å²) in [5, 5.41) is 6.56. The van der Waals surface area contributed by atoms with Crippen LogP contribution in [0.15, 0.2) is 71.3 Å². The van der Waals surface area contributed by atoms with Crippen molar-refractivity contribution in [3.63, 3.8) is 0 Å². The molecule has 1 saturated heterocycles. The Morgan fingerprint density at radius 2 is 1.82 bits per heavy atom. The van der Waals surface area contributed by atoms with E-state index in [2.05, 4.69) is 10.6 Å². The van der Waals surface area contributed by atoms with E-state index in [0.29, 0.717) is 30.3 Å². The third kappa shape index (κ3) is 5.43. The Morgan fingerprint density at radius 3 is 2.48 bits per heavy atom. The predicted octanol–water partition coefficient (Wildman–Crippen LogP) is 4.17. The fraction of sp³-hybridized carbons (Fsp3) is 0.308. The minimum Gasteiger partial charge on any atom is -0.495 e. The molecule has 2 heterocycles. The van der Waals surface area contributed by atoms with Crippen molar-refractivity contribution in [2.24, 2.45) is 0 Å². The van der Waals surface area contributed by atoms with E-state index in [4.69, 9.17) is 9.15 Å². The van der Waals surface area contributed by atoms with E-state index in [-0.39, 0.29) is 17.9 Å². The number of ether oxygens (including phenoxy) is 1. The number of rotatable bonds is 7. The van der Waals surface area contributed by atoms with E-state index >= 15 is 0 Å². The summed E-state index contributed by atoms with van der Waals surface area (Å²) in [6.45, 7) is 3.18. The lowest BCUT2D eigenvalue weighted by molar-refractivity contribution is -0.118. The Balaban J connectivity index is 1.45. The van der Waals surface area contributed by atoms with Crippen molar-refractivity contribution in [2.45, 2.75) is 31.8 Å². The fourth-order valence-electron chi connectivity index (χ4n) is 4.13. The lowest BCUT2D eigenvalue weighted by Gasteiger charge is -2.34. The van der Waals surface area contributed by atoms with E-state index in [0.717, 1.165) is 24.0 Å². The van der Waals surface area contributed by atoms with Gasteiger partial charge in [-0.05, 0) is 55.2 Å². The standard InChI is InChI=1S/C26H29N3O4/c1-18-10-11-22(32-2)21(17-18)28-25(30)24(19-7-4-3-5-8-19)27-20-12-14-29(15-13-20)26(31)23-9-6-16-33-23/h3-11,16-17,20,24,27H,12-15H2,1-2H3,(H,28,30). The number of amides is 2. The second-order valence-corrected chi connectivity index (χ2v) is 8.25. The first kappa shape index (κ1) is 22.6. The molecule has 0 spiro atoms. The molecule has 33 heavy (non-hydrogen) atoms. The van der Waals surface area contributed by atoms with Gasteiger partial charge >= 0.3 is 0 Å². The number of aryl methyl sites for hydroxylation is 1. The minimum atomic E-state index is -0.534. The summed E-state index contributed by atoms with van der Waals surface area (Å²) in [5.41, 5.74) is 2.56. The number of hydrogen-bond acceptors (Lipinski definition) is 5. The Kier molecular flexibility index (Phi) is 7.10. The van der Waals surface area contributed by atoms with Gasteiger partial charge < -0.3 is 19.4 Å². The van der Waals surface area contributed by atoms with Gasteiger partial charge in [0.2, 0.25) is 5.91 Å². The number of benzene rings is 2. The van der Waals surface area contributed by atoms with Gasteiger partial charge in [-0.15, -0.1) is 0 Å². The number of nitrogens with zero attached hydrogens (tertiary/aromatic N) is 1. The van der Waals surface area contributed by atoms with Gasteiger partial charge in [-0.25, -0.2) is 0 Å². The maximum atomic E-state index is 13.4. The summed E-state index contributed by atoms with van der Waals surface area (Å²) < 4.78 is 10.7. The first-order chi connectivity index (χ1) is 16.0. The molecular weight excluding hydrogens is 418 g/mol. The first-order valence-electron chi connectivity index (χ1n) is 11.1. The second-order valence-electron chi connectivity index (χ2n) is 8.25. The van der Waals surface area contributed by atoms with Crippen LogP contribution >= 0.6 is 0 Å². The van der Waals surface area contributed by atoms with E-state index in [9.17, 15) is 9.59 Å². The lowest BCUT2D eigenvalue weighted by atomic mass is 10.00. The smallest absolute Gasteiger partial charge is 0.289 e. The van der Waals surface area contributed by atoms with Crippen LogP contribution in [0.5, 0.6) is 5.75 Å². The summed E-state index contributed by atoms with van der Waals surface area (Å²) in [5.74, 6) is 0.724. The van der Waals surface area contributed by atoms with E-state index in [1.165, 1.54) is 6.26 Å². The summed E-state index contributed by atoms with van der Waals surface area (Å²) in [4.78, 5) is 27.7. The molecule has 1 aliphatic heterocycles. The van der Waals surface area contributed by atoms with Crippen LogP contribution in [0, 0.1) is 6.92 Å². The third-order valence-corrected chi connectivity index (χ3v) is 5.92. The summed E-state index contributed by atoms with van der Waals surface area (Å²) in [7, 11) is 1.59. The molecule has 2 N–H and O–H groups in total. The molecule has 0 bridgehead atoms. The molecule has 0 saturated carbocycles. The van der Waals surface area contributed by atoms with Gasteiger partial charge in [0, 0.05) is 19.1 Å². The monoisotopic (exact) mass is 447 g/mol. The van der Waals surface area contributed by atoms with Crippen LogP contribution in [0.2, 0.25) is 0 Å². The van der Waals surface area contributed by atoms with Crippen molar-refractivity contribution in [1.29, 1.82) is 0 Å². The highest BCUT2D eigenvalue weighted by molar-refractivity contribution is 5.97. The van der Waals surface area contributed by atoms with Crippen molar-refractivity contribution in [2.75, 3.05) is 25.5 Å². The number of hydrogen-bond donors (Lipinski definition) is 2. The highest BCUT2D eigenvalue weighted by Crippen LogP contribution is 2.27. The number of methoxy groups -OCH3 is 1. The van der Waals surface area contributed by atoms with Gasteiger partial charge in [-0.2, -0.15) is 0 Å². The van der Waals surface area contributed by atoms with Crippen molar-refractivity contribution in [3.05, 3.63) is 83.8 Å². The number of carbonyl (C=O) groups is 2. The SMILES string of the molecule is COc1ccc(C)cc1NC(=O)C(NC1CCN(C(=O)c2ccco2)CC1)c1ccccc1. The maximum Gasteiger partial charge on any atom is 0.289 e. The zero-order chi connectivity index (χ0) is 23.2. The molecule has 172 valence electrons. The average molecular weight is 448 g/mol. The number of carbonyl (C=O) groups excluding carboxylic acids is 2. The molecule has 7 nitrogen and oxygen atoms in total. The highest BCUT2D eigenvalue weighted by atomic mass is 16.5. The molecule has 1 fully saturated rings. The first-order valence-corrected chi connectivity index (χ1v) is 11.1. The van der Waals surface area contributed by atoms with Crippen molar-refractivity contribution in [1.82, 2.24) is 10.2 Å². The highest BCUT2D eigenvalue weighted by Gasteiger charge is 2.29. The lowest BCUT2D eigenvalue weighted by Crippen LogP contribution is -2.47. The quantitative estimate of drug-likeness (QED) is 0.568. The van der Waals surface area contributed by atoms with Gasteiger partial charge in [0.1, 0.15) is 11.8 Å². The third-order valence-electron chi connectivity index (χ3n) is 5.92. The van der Waals surface area contributed by atoms with Gasteiger partial charge in [-0.1, -0.05) is 36.4 Å². The Hall–Kier alpha value is -3.58. The van der Waals surface area contributed by atoms with Crippen molar-refractivity contribution < 1.29 is 18.7 Å². The topological polar surface area (TPSA) is 83.8 Å². The van der Waals surface area contributed by atoms with Crippen molar-refractivity contribution >= 4 is 17.5 Å². The molecule has 1 atom stereocenters. The summed E-state index contributed by atoms with van der Waals surface area (Å²) >= 11 is 0. The molecule has 1 aromatic heterocycles. The average Bonchev–Trinajstić information content (AvgIpc) is 3.38. The Labute approximate surface area is 193 Å². The summed E-state index contributed by atoms with van der Waals surface area (Å²) in [6.07, 6.45) is 3.00. The van der Waals surface area contributed by atoms with Crippen LogP contribution in [-0.2, 0) is 4.79 Å². The van der Waals surface area contributed by atoms with Crippen LogP contribution in [0.3, 0.4) is 0 Å². The molecule has 2 aromatic carbocycles. The largest absolute Gasteiger partial charge is 0.495 e. The van der Waals surface area contributed by atoms with Crippen LogP contribution in [0.1, 0.15) is 40.6 Å². The molecule has 3 aromatic rings. The normalized spacial score (nSPS) is 15.2. The molecule has 4 rings (SSSR count). The van der Waals surface area contributed by atoms with Gasteiger partial charge in [0.25, 0.3) is 5.91 Å². The molecule has 7 heteroatoms. The molecule has 1 aliphatic rings. The predicted molar refractivity (Wildman–Crippen MR) is 126 cm³/mol. The summed E-state index contributed by atoms with van der Waals surface area (Å²) in [6, 6.07) is 18.3. The van der Waals surface area contributed by atoms with Gasteiger partial charge in [0.15, 0.2) is 5.76 Å². The number of furan rings is 1. The number of piperidine rings is 1. The van der Waals surface area contributed by atoms with Gasteiger partial charge in [0.05, 0.1) is 19.1 Å². The van der Waals surface area contributed by atoms with Crippen molar-refractivity contribution in [3.8, 4) is 5.75 Å². The van der Waals surface area contributed by atoms with Crippen LogP contribution < -0.4 is 15.4 Å². The number of anilines is 1. The molecule has 0 radical (unpaired) electrons. The Bertz CT molecular complexity index is 1070. The van der Waals surface area contributed by atoms with E-state index < -0.39 is 6.04 Å². The molecular formula is C26H29N3O4. The van der Waals surface area contributed by atoms with Crippen LogP contribution in [0.4, 0.5) is 5.69 Å². The molecule has 2 amide bonds. The maximum absolute atomic E-state index is 13.4. The Morgan fingerprint density at radius 1 is 1.06 bits per heavy atom. The fourth-order valence-corrected chi connectivity index (χ4v) is 4.13. The second kappa shape index (κ2) is 10.4.